The molecule has 3 fully saturated rings. The monoisotopic (exact) mass is 860 g/mol. The lowest BCUT2D eigenvalue weighted by Gasteiger charge is -2.39. The lowest BCUT2D eigenvalue weighted by molar-refractivity contribution is -0.143. The number of amides is 4. The van der Waals surface area contributed by atoms with Gasteiger partial charge in [0.05, 0.1) is 48.7 Å². The maximum Gasteiger partial charge on any atom is 0.407 e. The van der Waals surface area contributed by atoms with Crippen LogP contribution in [0.25, 0.3) is 44.2 Å². The first-order chi connectivity index (χ1) is 30.3. The Morgan fingerprint density at radius 3 is 2.37 bits per heavy atom. The molecule has 0 bridgehead atoms. The molecule has 0 spiro atoms. The van der Waals surface area contributed by atoms with Crippen LogP contribution in [0.3, 0.4) is 0 Å². The molecule has 4 amide bonds. The number of likely N-dealkylation sites (tertiary alicyclic amines) is 2. The standard InChI is InChI=1S/C47H56N8O8/c1-24(2)39(52-46(58)61-6)44(56)54-25(3)9-15-36(54)42-48-21-35(50-42)28-11-13-31-30(18-28)23-63-38-20-32-27(19-33(31)38)12-14-34-40(32)51-43(49-34)37-16-10-26(4)55(37)45(57)41(53(5)47(59)60)29-8-7-17-62-22-29/h11-14,18-21,24-26,29,36-37,39,41H,7-10,15-17,22-23H2,1-6H3,(H,48,50)(H,49,51)(H,52,58)(H,59,60)/t25-,26-,29+,36-,37-,39-,41-/m0/s1. The number of H-pyrrole nitrogens is 2. The van der Waals surface area contributed by atoms with Gasteiger partial charge in [-0.1, -0.05) is 32.0 Å². The minimum atomic E-state index is -1.14. The first-order valence-electron chi connectivity index (χ1n) is 22.1. The van der Waals surface area contributed by atoms with Gasteiger partial charge in [-0.05, 0) is 105 Å². The molecule has 63 heavy (non-hydrogen) atoms. The quantitative estimate of drug-likeness (QED) is 0.115. The van der Waals surface area contributed by atoms with Crippen molar-refractivity contribution in [2.75, 3.05) is 27.4 Å². The zero-order valence-corrected chi connectivity index (χ0v) is 36.6. The molecule has 3 saturated heterocycles. The Kier molecular flexibility index (Phi) is 11.3. The third kappa shape index (κ3) is 7.61. The number of carbonyl (C=O) groups is 4. The molecule has 4 N–H and O–H groups in total. The highest BCUT2D eigenvalue weighted by molar-refractivity contribution is 6.07. The molecule has 7 atom stereocenters. The number of fused-ring (bicyclic) bond motifs is 6. The van der Waals surface area contributed by atoms with Crippen LogP contribution in [0.1, 0.15) is 95.5 Å². The molecular weight excluding hydrogens is 805 g/mol. The van der Waals surface area contributed by atoms with Crippen molar-refractivity contribution in [3.8, 4) is 28.1 Å². The summed E-state index contributed by atoms with van der Waals surface area (Å²) in [6.07, 6.45) is 4.60. The van der Waals surface area contributed by atoms with Gasteiger partial charge in [0.15, 0.2) is 0 Å². The zero-order chi connectivity index (χ0) is 44.3. The van der Waals surface area contributed by atoms with Crippen LogP contribution in [0, 0.1) is 11.8 Å². The van der Waals surface area contributed by atoms with Crippen LogP contribution in [0.4, 0.5) is 9.59 Å². The number of aromatic amines is 2. The molecule has 0 saturated carbocycles. The van der Waals surface area contributed by atoms with Crippen LogP contribution in [0.15, 0.2) is 48.7 Å². The number of aromatic nitrogens is 4. The molecule has 332 valence electrons. The minimum Gasteiger partial charge on any atom is -0.488 e. The number of imidazole rings is 2. The van der Waals surface area contributed by atoms with Gasteiger partial charge in [-0.2, -0.15) is 0 Å². The number of nitrogens with zero attached hydrogens (tertiary/aromatic N) is 5. The largest absolute Gasteiger partial charge is 0.488 e. The number of benzene rings is 3. The van der Waals surface area contributed by atoms with Gasteiger partial charge in [0.25, 0.3) is 0 Å². The Labute approximate surface area is 365 Å². The SMILES string of the molecule is COC(=O)N[C@H](C(=O)N1[C@@H](C)CC[C@H]1c1ncc(-c2ccc3c(c2)COc2cc4c(ccc5nc([C@@H]6CC[C@H](C)N6C(=O)[C@H]([C@@H]6CCCOC6)N(C)C(=O)O)[nH]c54)cc2-3)[nH]1)C(C)C. The predicted molar refractivity (Wildman–Crippen MR) is 235 cm³/mol. The van der Waals surface area contributed by atoms with E-state index in [9.17, 15) is 24.3 Å². The summed E-state index contributed by atoms with van der Waals surface area (Å²) in [6, 6.07) is 12.3. The highest BCUT2D eigenvalue weighted by Crippen LogP contribution is 2.44. The Bertz CT molecular complexity index is 2580. The van der Waals surface area contributed by atoms with E-state index in [1.165, 1.54) is 14.2 Å². The van der Waals surface area contributed by atoms with Crippen molar-refractivity contribution in [3.05, 3.63) is 65.9 Å². The van der Waals surface area contributed by atoms with Crippen molar-refractivity contribution in [1.82, 2.24) is 40.0 Å². The van der Waals surface area contributed by atoms with Crippen molar-refractivity contribution in [3.63, 3.8) is 0 Å². The number of alkyl carbamates (subject to hydrolysis) is 1. The molecule has 3 aromatic carbocycles. The fourth-order valence-electron chi connectivity index (χ4n) is 10.4. The van der Waals surface area contributed by atoms with Gasteiger partial charge in [-0.3, -0.25) is 14.5 Å². The van der Waals surface area contributed by atoms with Gasteiger partial charge in [0.1, 0.15) is 36.1 Å². The van der Waals surface area contributed by atoms with Crippen LogP contribution < -0.4 is 10.1 Å². The molecular formula is C47H56N8O8. The van der Waals surface area contributed by atoms with Gasteiger partial charge < -0.3 is 44.4 Å². The number of hydrogen-bond donors (Lipinski definition) is 4. The molecule has 6 heterocycles. The molecule has 16 nitrogen and oxygen atoms in total. The van der Waals surface area contributed by atoms with E-state index in [1.807, 2.05) is 49.8 Å². The van der Waals surface area contributed by atoms with E-state index >= 15 is 0 Å². The second kappa shape index (κ2) is 16.8. The summed E-state index contributed by atoms with van der Waals surface area (Å²) in [6.45, 7) is 9.19. The predicted octanol–water partition coefficient (Wildman–Crippen LogP) is 7.56. The molecule has 0 unspecified atom stereocenters. The number of hydrogen-bond acceptors (Lipinski definition) is 9. The zero-order valence-electron chi connectivity index (χ0n) is 36.6. The third-order valence-electron chi connectivity index (χ3n) is 13.8. The van der Waals surface area contributed by atoms with Crippen LogP contribution in [0.5, 0.6) is 5.75 Å². The highest BCUT2D eigenvalue weighted by atomic mass is 16.5. The van der Waals surface area contributed by atoms with Crippen molar-refractivity contribution in [2.45, 2.75) is 109 Å². The van der Waals surface area contributed by atoms with E-state index in [0.717, 1.165) is 92.5 Å². The van der Waals surface area contributed by atoms with Crippen molar-refractivity contribution < 1.29 is 38.5 Å². The number of nitrogens with one attached hydrogen (secondary N) is 3. The first kappa shape index (κ1) is 42.2. The average molecular weight is 861 g/mol. The summed E-state index contributed by atoms with van der Waals surface area (Å²) in [5, 5.41) is 14.7. The Hall–Kier alpha value is -6.16. The molecule has 2 aromatic heterocycles. The van der Waals surface area contributed by atoms with Gasteiger partial charge >= 0.3 is 12.2 Å². The van der Waals surface area contributed by atoms with Gasteiger partial charge in [-0.25, -0.2) is 19.6 Å². The second-order valence-corrected chi connectivity index (χ2v) is 18.0. The molecule has 5 aromatic rings. The van der Waals surface area contributed by atoms with E-state index in [-0.39, 0.29) is 47.8 Å². The number of methoxy groups -OCH3 is 1. The molecule has 4 aliphatic rings. The second-order valence-electron chi connectivity index (χ2n) is 18.0. The van der Waals surface area contributed by atoms with Gasteiger partial charge in [-0.15, -0.1) is 0 Å². The summed E-state index contributed by atoms with van der Waals surface area (Å²) < 4.78 is 17.0. The lowest BCUT2D eigenvalue weighted by Crippen LogP contribution is -2.55. The number of rotatable bonds is 9. The minimum absolute atomic E-state index is 0.0215. The van der Waals surface area contributed by atoms with E-state index in [1.54, 1.807) is 0 Å². The van der Waals surface area contributed by atoms with Gasteiger partial charge in [0, 0.05) is 42.6 Å². The Balaban J connectivity index is 0.970. The summed E-state index contributed by atoms with van der Waals surface area (Å²) in [5.74, 6) is 1.43. The normalized spacial score (nSPS) is 23.0. The fraction of sp³-hybridized carbons (Fsp3) is 0.489. The molecule has 9 rings (SSSR count). The molecule has 4 aliphatic heterocycles. The third-order valence-corrected chi connectivity index (χ3v) is 13.8. The summed E-state index contributed by atoms with van der Waals surface area (Å²) in [5.41, 5.74) is 6.51. The molecule has 0 radical (unpaired) electrons. The first-order valence-corrected chi connectivity index (χ1v) is 22.1. The smallest absolute Gasteiger partial charge is 0.407 e. The van der Waals surface area contributed by atoms with Crippen LogP contribution in [-0.4, -0.2) is 115 Å². The Morgan fingerprint density at radius 2 is 1.67 bits per heavy atom. The summed E-state index contributed by atoms with van der Waals surface area (Å²) >= 11 is 0. The number of carboxylic acid groups (broad SMARTS) is 1. The lowest BCUT2D eigenvalue weighted by atomic mass is 9.91. The van der Waals surface area contributed by atoms with Crippen molar-refractivity contribution in [2.24, 2.45) is 11.8 Å². The average Bonchev–Trinajstić information content (AvgIpc) is 4.10. The maximum atomic E-state index is 14.4. The van der Waals surface area contributed by atoms with Crippen molar-refractivity contribution in [1.29, 1.82) is 0 Å². The highest BCUT2D eigenvalue weighted by Gasteiger charge is 2.45. The van der Waals surface area contributed by atoms with Gasteiger partial charge in [0.2, 0.25) is 11.8 Å². The summed E-state index contributed by atoms with van der Waals surface area (Å²) in [4.78, 5) is 74.4. The summed E-state index contributed by atoms with van der Waals surface area (Å²) in [7, 11) is 2.77. The van der Waals surface area contributed by atoms with Crippen molar-refractivity contribution >= 4 is 45.8 Å². The number of carbonyl (C=O) groups excluding carboxylic acids is 3. The molecule has 16 heteroatoms. The van der Waals surface area contributed by atoms with Crippen LogP contribution >= 0.6 is 0 Å². The van der Waals surface area contributed by atoms with E-state index < -0.39 is 24.3 Å². The fourth-order valence-corrected chi connectivity index (χ4v) is 10.4. The van der Waals surface area contributed by atoms with E-state index in [4.69, 9.17) is 24.2 Å². The topological polar surface area (TPSA) is 195 Å². The number of ether oxygens (including phenoxy) is 3. The van der Waals surface area contributed by atoms with Crippen LogP contribution in [-0.2, 0) is 25.7 Å². The molecule has 0 aliphatic carbocycles. The number of likely N-dealkylation sites (N-methyl/N-ethyl adjacent to an activating group) is 1. The van der Waals surface area contributed by atoms with E-state index in [0.29, 0.717) is 37.9 Å². The van der Waals surface area contributed by atoms with E-state index in [2.05, 4.69) is 51.7 Å². The maximum absolute atomic E-state index is 14.4. The Morgan fingerprint density at radius 1 is 0.921 bits per heavy atom. The van der Waals surface area contributed by atoms with Crippen LogP contribution in [0.2, 0.25) is 0 Å².